The summed E-state index contributed by atoms with van der Waals surface area (Å²) in [5.74, 6) is -0.498. The average molecular weight is 528 g/mol. The highest BCUT2D eigenvalue weighted by Crippen LogP contribution is 2.33. The molecule has 0 spiro atoms. The molecule has 2 aromatic rings. The summed E-state index contributed by atoms with van der Waals surface area (Å²) in [7, 11) is -2.16. The van der Waals surface area contributed by atoms with Crippen molar-refractivity contribution in [3.05, 3.63) is 12.7 Å². The molecule has 0 aliphatic heterocycles. The number of ether oxygens (including phenoxy) is 3. The molecular formula is C22H36N6O7P+. The topological polar surface area (TPSA) is 184 Å². The van der Waals surface area contributed by atoms with Crippen LogP contribution in [0.2, 0.25) is 0 Å². The number of nitrogen functional groups attached to an aromatic ring is 1. The summed E-state index contributed by atoms with van der Waals surface area (Å²) in [6, 6.07) is 0. The van der Waals surface area contributed by atoms with Crippen LogP contribution in [-0.4, -0.2) is 67.8 Å². The lowest BCUT2D eigenvalue weighted by Gasteiger charge is -2.11. The molecule has 14 heteroatoms. The van der Waals surface area contributed by atoms with Gasteiger partial charge in [-0.1, -0.05) is 0 Å². The van der Waals surface area contributed by atoms with E-state index >= 15 is 0 Å². The Morgan fingerprint density at radius 1 is 1.08 bits per heavy atom. The van der Waals surface area contributed by atoms with Crippen molar-refractivity contribution in [3.8, 4) is 0 Å². The molecule has 1 aliphatic carbocycles. The van der Waals surface area contributed by atoms with E-state index in [9.17, 15) is 14.2 Å². The Labute approximate surface area is 211 Å². The fraction of sp³-hybridized carbons (Fsp3) is 0.682. The van der Waals surface area contributed by atoms with Crippen LogP contribution in [-0.2, 0) is 39.4 Å². The predicted molar refractivity (Wildman–Crippen MR) is 132 cm³/mol. The highest BCUT2D eigenvalue weighted by atomic mass is 31.1. The number of hydrogen-bond acceptors (Lipinski definition) is 12. The lowest BCUT2D eigenvalue weighted by Crippen LogP contribution is -2.35. The van der Waals surface area contributed by atoms with Crippen LogP contribution < -0.4 is 11.5 Å². The van der Waals surface area contributed by atoms with Crippen LogP contribution in [0, 0.1) is 0 Å². The van der Waals surface area contributed by atoms with E-state index in [1.807, 2.05) is 20.8 Å². The third kappa shape index (κ3) is 9.05. The van der Waals surface area contributed by atoms with Crippen molar-refractivity contribution in [2.24, 2.45) is 5.73 Å². The molecular weight excluding hydrogens is 491 g/mol. The monoisotopic (exact) mass is 527 g/mol. The molecule has 200 valence electrons. The van der Waals surface area contributed by atoms with Crippen molar-refractivity contribution in [1.82, 2.24) is 19.5 Å². The molecule has 1 fully saturated rings. The molecule has 2 heterocycles. The molecule has 0 bridgehead atoms. The highest BCUT2D eigenvalue weighted by molar-refractivity contribution is 7.38. The Hall–Kier alpha value is -2.73. The third-order valence-corrected chi connectivity index (χ3v) is 5.76. The smallest absolute Gasteiger partial charge is 0.462 e. The van der Waals surface area contributed by atoms with E-state index in [0.717, 1.165) is 12.8 Å². The minimum Gasteiger partial charge on any atom is -0.462 e. The number of imidazole rings is 1. The van der Waals surface area contributed by atoms with Crippen LogP contribution in [0.25, 0.3) is 11.2 Å². The minimum absolute atomic E-state index is 0.0477. The van der Waals surface area contributed by atoms with Crippen molar-refractivity contribution in [3.63, 3.8) is 0 Å². The van der Waals surface area contributed by atoms with E-state index in [0.29, 0.717) is 23.5 Å². The minimum atomic E-state index is -2.16. The van der Waals surface area contributed by atoms with Gasteiger partial charge in [-0.05, 0) is 58.9 Å². The highest BCUT2D eigenvalue weighted by Gasteiger charge is 2.47. The third-order valence-electron chi connectivity index (χ3n) is 4.85. The van der Waals surface area contributed by atoms with Gasteiger partial charge in [0.1, 0.15) is 17.4 Å². The maximum atomic E-state index is 11.9. The molecule has 3 atom stereocenters. The number of nitrogens with two attached hydrogens (primary N) is 2. The van der Waals surface area contributed by atoms with Crippen molar-refractivity contribution in [2.75, 3.05) is 12.1 Å². The maximum Gasteiger partial charge on any atom is 0.537 e. The molecule has 0 saturated heterocycles. The quantitative estimate of drug-likeness (QED) is 0.321. The first-order chi connectivity index (χ1) is 16.8. The lowest BCUT2D eigenvalue weighted by atomic mass is 10.3. The van der Waals surface area contributed by atoms with Gasteiger partial charge in [-0.15, -0.1) is 4.52 Å². The summed E-state index contributed by atoms with van der Waals surface area (Å²) in [5, 5.41) is 0. The maximum absolute atomic E-state index is 11.9. The number of carbonyl (C=O) groups is 2. The van der Waals surface area contributed by atoms with Gasteiger partial charge in [0.05, 0.1) is 31.2 Å². The Kier molecular flexibility index (Phi) is 10.7. The van der Waals surface area contributed by atoms with Crippen molar-refractivity contribution >= 4 is 36.9 Å². The van der Waals surface area contributed by atoms with Crippen LogP contribution in [0.15, 0.2) is 12.7 Å². The summed E-state index contributed by atoms with van der Waals surface area (Å²) < 4.78 is 34.3. The average Bonchev–Trinajstić information content (AvgIpc) is 3.41. The summed E-state index contributed by atoms with van der Waals surface area (Å²) in [6.07, 6.45) is 2.86. The molecule has 36 heavy (non-hydrogen) atoms. The molecule has 3 rings (SSSR count). The number of rotatable bonds is 11. The second kappa shape index (κ2) is 13.0. The molecule has 2 aromatic heterocycles. The lowest BCUT2D eigenvalue weighted by molar-refractivity contribution is -0.154. The molecule has 1 saturated carbocycles. The molecule has 1 aliphatic rings. The van der Waals surface area contributed by atoms with Crippen LogP contribution in [0.4, 0.5) is 5.82 Å². The standard InChI is InChI=1S/C15H23N5O5P.C7H13NO2/c1-9(2)24-15(21)11(4)25-26(22)8-23-10(3)5-20-7-19-12-13(16)17-6-18-14(12)20;1-5(2)10-6(9)7(8)3-4-7/h6-7,9-11H,5,8H2,1-4H3,(H2,16,17,18);5H,3-4,8H2,1-2H3/q+1;. The Morgan fingerprint density at radius 3 is 2.31 bits per heavy atom. The van der Waals surface area contributed by atoms with Gasteiger partial charge in [0.2, 0.25) is 6.10 Å². The summed E-state index contributed by atoms with van der Waals surface area (Å²) >= 11 is 0. The molecule has 0 radical (unpaired) electrons. The molecule has 0 aromatic carbocycles. The number of esters is 2. The second-order valence-electron chi connectivity index (χ2n) is 9.11. The van der Waals surface area contributed by atoms with E-state index in [2.05, 4.69) is 15.0 Å². The van der Waals surface area contributed by atoms with Gasteiger partial charge in [0.15, 0.2) is 11.5 Å². The van der Waals surface area contributed by atoms with Crippen LogP contribution in [0.5, 0.6) is 0 Å². The van der Waals surface area contributed by atoms with Gasteiger partial charge >= 0.3 is 20.0 Å². The summed E-state index contributed by atoms with van der Waals surface area (Å²) in [5.41, 5.74) is 11.8. The normalized spacial score (nSPS) is 16.2. The van der Waals surface area contributed by atoms with Gasteiger partial charge in [-0.3, -0.25) is 4.79 Å². The van der Waals surface area contributed by atoms with Gasteiger partial charge < -0.3 is 30.2 Å². The number of nitrogens with zero attached hydrogens (tertiary/aromatic N) is 4. The first-order valence-corrected chi connectivity index (χ1v) is 13.0. The number of carbonyl (C=O) groups excluding carboxylic acids is 2. The van der Waals surface area contributed by atoms with Gasteiger partial charge in [0.25, 0.3) is 6.35 Å². The van der Waals surface area contributed by atoms with Gasteiger partial charge in [0, 0.05) is 0 Å². The van der Waals surface area contributed by atoms with E-state index in [1.54, 1.807) is 24.7 Å². The van der Waals surface area contributed by atoms with Crippen LogP contribution in [0.1, 0.15) is 54.4 Å². The van der Waals surface area contributed by atoms with Gasteiger partial charge in [-0.2, -0.15) is 0 Å². The second-order valence-corrected chi connectivity index (χ2v) is 10.2. The summed E-state index contributed by atoms with van der Waals surface area (Å²) in [4.78, 5) is 34.8. The fourth-order valence-electron chi connectivity index (χ4n) is 2.80. The SMILES string of the molecule is CC(C)OC(=O)C(C)O[P+](=O)COC(C)Cn1cnc2c(N)ncnc21.CC(C)OC(=O)C1(N)CC1. The zero-order chi connectivity index (χ0) is 27.0. The Morgan fingerprint density at radius 2 is 1.72 bits per heavy atom. The van der Waals surface area contributed by atoms with Crippen LogP contribution >= 0.6 is 8.03 Å². The number of hydrogen-bond donors (Lipinski definition) is 2. The number of fused-ring (bicyclic) bond motifs is 1. The van der Waals surface area contributed by atoms with E-state index in [1.165, 1.54) is 13.3 Å². The molecule has 13 nitrogen and oxygen atoms in total. The predicted octanol–water partition coefficient (Wildman–Crippen LogP) is 2.30. The number of aromatic nitrogens is 4. The van der Waals surface area contributed by atoms with Gasteiger partial charge in [-0.25, -0.2) is 19.7 Å². The van der Waals surface area contributed by atoms with E-state index in [-0.39, 0.29) is 30.6 Å². The first-order valence-electron chi connectivity index (χ1n) is 11.7. The van der Waals surface area contributed by atoms with Crippen molar-refractivity contribution < 1.29 is 32.9 Å². The van der Waals surface area contributed by atoms with Crippen molar-refractivity contribution in [1.29, 1.82) is 0 Å². The largest absolute Gasteiger partial charge is 0.537 e. The number of anilines is 1. The fourth-order valence-corrected chi connectivity index (χ4v) is 3.67. The zero-order valence-electron chi connectivity index (χ0n) is 21.5. The molecule has 4 N–H and O–H groups in total. The van der Waals surface area contributed by atoms with Crippen LogP contribution in [0.3, 0.4) is 0 Å². The van der Waals surface area contributed by atoms with E-state index < -0.39 is 25.6 Å². The molecule has 0 amide bonds. The first kappa shape index (κ1) is 29.5. The van der Waals surface area contributed by atoms with E-state index in [4.69, 9.17) is 30.2 Å². The molecule has 3 unspecified atom stereocenters. The Bertz CT molecular complexity index is 1060. The van der Waals surface area contributed by atoms with Crippen molar-refractivity contribution in [2.45, 2.75) is 90.9 Å². The Balaban J connectivity index is 0.000000380. The zero-order valence-corrected chi connectivity index (χ0v) is 22.4. The summed E-state index contributed by atoms with van der Waals surface area (Å²) in [6.45, 7) is 10.8.